The summed E-state index contributed by atoms with van der Waals surface area (Å²) in [5.74, 6) is 2.79. The highest BCUT2D eigenvalue weighted by atomic mass is 32.1. The van der Waals surface area contributed by atoms with Crippen LogP contribution in [-0.2, 0) is 23.7 Å². The van der Waals surface area contributed by atoms with E-state index in [-0.39, 0.29) is 49.4 Å². The van der Waals surface area contributed by atoms with Crippen LogP contribution in [0, 0.1) is 45.3 Å². The van der Waals surface area contributed by atoms with Gasteiger partial charge in [-0.2, -0.15) is 13.5 Å². The molecule has 0 radical (unpaired) electrons. The molecule has 0 aromatic heterocycles. The molecule has 0 aromatic carbocycles. The maximum absolute atomic E-state index is 12.8. The van der Waals surface area contributed by atoms with Crippen LogP contribution in [-0.4, -0.2) is 84.3 Å². The molecule has 8 nitrogen and oxygen atoms in total. The van der Waals surface area contributed by atoms with Gasteiger partial charge in [-0.15, -0.1) is 0 Å². The Bertz CT molecular complexity index is 1200. The standard InChI is InChI=1S/C39H65NO7.3C2H6.H2S/c1-10-43-32(36(7,8)42)27-13-11-25-28(45-27)21-26-24-12-14-29-35(5,6)30(15-16-39(29)23-38(24,39)18-17-37(25,26)9)46-31-22-40(19-20-44-31)33(41)47-34(2,3)4;3*1-2;/h24-32,42H,10-23H2,1-9H3;3*1-2H3;1H2/t24?,25?,26?,27?,28?,29?,30-,31?,32-,37?,38-,39?;;;;/m0..../s1. The van der Waals surface area contributed by atoms with Crippen LogP contribution in [0.4, 0.5) is 4.79 Å². The molecule has 1 N–H and O–H groups in total. The molecule has 5 aliphatic carbocycles. The molecule has 2 heterocycles. The van der Waals surface area contributed by atoms with Crippen molar-refractivity contribution in [1.82, 2.24) is 4.90 Å². The van der Waals surface area contributed by atoms with Gasteiger partial charge in [-0.3, -0.25) is 0 Å². The van der Waals surface area contributed by atoms with Crippen LogP contribution in [0.3, 0.4) is 0 Å². The van der Waals surface area contributed by atoms with Crippen molar-refractivity contribution in [2.45, 2.75) is 210 Å². The molecule has 1 amide bonds. The van der Waals surface area contributed by atoms with Crippen LogP contribution in [0.25, 0.3) is 0 Å². The van der Waals surface area contributed by atoms with Gasteiger partial charge in [0.2, 0.25) is 0 Å². The molecule has 54 heavy (non-hydrogen) atoms. The minimum absolute atomic E-state index is 0. The van der Waals surface area contributed by atoms with Crippen molar-refractivity contribution in [3.05, 3.63) is 0 Å². The zero-order chi connectivity index (χ0) is 39.8. The fraction of sp³-hybridized carbons (Fsp3) is 0.978. The number of amides is 1. The molecule has 0 aromatic rings. The zero-order valence-electron chi connectivity index (χ0n) is 37.4. The van der Waals surface area contributed by atoms with Crippen molar-refractivity contribution in [2.75, 3.05) is 26.3 Å². The maximum atomic E-state index is 12.8. The third-order valence-corrected chi connectivity index (χ3v) is 14.9. The molecule has 12 atom stereocenters. The Balaban J connectivity index is 0.00000107. The molecule has 7 fully saturated rings. The highest BCUT2D eigenvalue weighted by Crippen LogP contribution is 2.87. The summed E-state index contributed by atoms with van der Waals surface area (Å²) < 4.78 is 31.6. The topological polar surface area (TPSA) is 86.7 Å². The zero-order valence-corrected chi connectivity index (χ0v) is 38.4. The number of fused-ring (bicyclic) bond motifs is 4. The summed E-state index contributed by atoms with van der Waals surface area (Å²) in [6.45, 7) is 33.1. The number of ether oxygens (including phenoxy) is 5. The lowest BCUT2D eigenvalue weighted by molar-refractivity contribution is -0.243. The van der Waals surface area contributed by atoms with Crippen LogP contribution in [0.2, 0.25) is 0 Å². The SMILES string of the molecule is CC.CC.CC.CCO[C@@H](C1CCC2C(CC3C4CCC5C(C)(C)[C@@H](OC6CN(C(=O)OC(C)(C)C)CCO6)CCC56C[C@@]46CCC23C)O1)C(C)(C)O.S. The van der Waals surface area contributed by atoms with E-state index in [1.165, 1.54) is 51.4 Å². The fourth-order valence-electron chi connectivity index (χ4n) is 13.0. The molecule has 7 aliphatic rings. The minimum Gasteiger partial charge on any atom is -0.444 e. The summed E-state index contributed by atoms with van der Waals surface area (Å²) >= 11 is 0. The first-order valence-corrected chi connectivity index (χ1v) is 22.2. The first-order chi connectivity index (χ1) is 25.0. The molecular weight excluding hydrogens is 699 g/mol. The van der Waals surface area contributed by atoms with E-state index in [4.69, 9.17) is 23.7 Å². The van der Waals surface area contributed by atoms with Crippen molar-refractivity contribution < 1.29 is 33.6 Å². The Hall–Kier alpha value is -0.580. The second-order valence-electron chi connectivity index (χ2n) is 19.2. The van der Waals surface area contributed by atoms with Crippen LogP contribution < -0.4 is 0 Å². The Labute approximate surface area is 338 Å². The molecule has 2 spiro atoms. The molecule has 9 heteroatoms. The quantitative estimate of drug-likeness (QED) is 0.287. The normalized spacial score (nSPS) is 40.6. The summed E-state index contributed by atoms with van der Waals surface area (Å²) in [6.07, 6.45) is 11.8. The lowest BCUT2D eigenvalue weighted by Gasteiger charge is -2.60. The van der Waals surface area contributed by atoms with Crippen molar-refractivity contribution in [3.8, 4) is 0 Å². The van der Waals surface area contributed by atoms with Crippen LogP contribution in [0.15, 0.2) is 0 Å². The number of nitrogens with zero attached hydrogens (tertiary/aromatic N) is 1. The van der Waals surface area contributed by atoms with E-state index in [0.29, 0.717) is 54.4 Å². The number of aliphatic hydroxyl groups is 1. The molecule has 2 saturated heterocycles. The molecule has 9 unspecified atom stereocenters. The average molecular weight is 784 g/mol. The molecular formula is C45H85NO7S. The van der Waals surface area contributed by atoms with Gasteiger partial charge in [-0.1, -0.05) is 62.3 Å². The monoisotopic (exact) mass is 784 g/mol. The van der Waals surface area contributed by atoms with E-state index in [1.807, 2.05) is 83.1 Å². The van der Waals surface area contributed by atoms with E-state index in [2.05, 4.69) is 20.8 Å². The van der Waals surface area contributed by atoms with Gasteiger partial charge in [0.05, 0.1) is 37.1 Å². The van der Waals surface area contributed by atoms with Gasteiger partial charge in [-0.25, -0.2) is 4.79 Å². The molecule has 5 saturated carbocycles. The van der Waals surface area contributed by atoms with E-state index in [1.54, 1.807) is 4.90 Å². The number of rotatable bonds is 6. The van der Waals surface area contributed by atoms with Gasteiger partial charge in [0.1, 0.15) is 11.7 Å². The predicted octanol–water partition coefficient (Wildman–Crippen LogP) is 10.5. The number of hydrogen-bond acceptors (Lipinski definition) is 7. The highest BCUT2D eigenvalue weighted by molar-refractivity contribution is 7.59. The van der Waals surface area contributed by atoms with Crippen molar-refractivity contribution >= 4 is 19.6 Å². The Morgan fingerprint density at radius 1 is 0.870 bits per heavy atom. The van der Waals surface area contributed by atoms with E-state index in [0.717, 1.165) is 24.7 Å². The van der Waals surface area contributed by atoms with Gasteiger partial charge in [-0.05, 0) is 151 Å². The Morgan fingerprint density at radius 3 is 2.13 bits per heavy atom. The summed E-state index contributed by atoms with van der Waals surface area (Å²) in [5.41, 5.74) is -0.110. The van der Waals surface area contributed by atoms with E-state index >= 15 is 0 Å². The maximum Gasteiger partial charge on any atom is 0.410 e. The van der Waals surface area contributed by atoms with Crippen LogP contribution in [0.5, 0.6) is 0 Å². The van der Waals surface area contributed by atoms with Crippen molar-refractivity contribution in [1.29, 1.82) is 0 Å². The molecule has 2 aliphatic heterocycles. The number of hydrogen-bond donors (Lipinski definition) is 1. The molecule has 318 valence electrons. The van der Waals surface area contributed by atoms with E-state index < -0.39 is 17.5 Å². The van der Waals surface area contributed by atoms with Gasteiger partial charge < -0.3 is 33.7 Å². The fourth-order valence-corrected chi connectivity index (χ4v) is 13.0. The smallest absolute Gasteiger partial charge is 0.410 e. The van der Waals surface area contributed by atoms with E-state index in [9.17, 15) is 9.90 Å². The van der Waals surface area contributed by atoms with Gasteiger partial charge >= 0.3 is 6.09 Å². The summed E-state index contributed by atoms with van der Waals surface area (Å²) in [4.78, 5) is 14.6. The average Bonchev–Trinajstić information content (AvgIpc) is 3.69. The first kappa shape index (κ1) is 47.8. The first-order valence-electron chi connectivity index (χ1n) is 22.2. The largest absolute Gasteiger partial charge is 0.444 e. The summed E-state index contributed by atoms with van der Waals surface area (Å²) in [7, 11) is 0. The van der Waals surface area contributed by atoms with Gasteiger partial charge in [0.25, 0.3) is 0 Å². The third kappa shape index (κ3) is 8.58. The second kappa shape index (κ2) is 18.1. The van der Waals surface area contributed by atoms with Gasteiger partial charge in [0, 0.05) is 13.2 Å². The number of carbonyl (C=O) groups is 1. The predicted molar refractivity (Wildman–Crippen MR) is 224 cm³/mol. The lowest BCUT2D eigenvalue weighted by Crippen LogP contribution is -2.56. The highest BCUT2D eigenvalue weighted by Gasteiger charge is 2.80. The number of morpholine rings is 1. The Kier molecular flexibility index (Phi) is 16.1. The second-order valence-corrected chi connectivity index (χ2v) is 19.2. The Morgan fingerprint density at radius 2 is 1.52 bits per heavy atom. The molecule has 0 bridgehead atoms. The van der Waals surface area contributed by atoms with Crippen molar-refractivity contribution in [3.63, 3.8) is 0 Å². The van der Waals surface area contributed by atoms with Gasteiger partial charge in [0.15, 0.2) is 6.29 Å². The summed E-state index contributed by atoms with van der Waals surface area (Å²) in [6, 6.07) is 0. The van der Waals surface area contributed by atoms with Crippen molar-refractivity contribution in [2.24, 2.45) is 45.3 Å². The lowest BCUT2D eigenvalue weighted by atomic mass is 9.46. The summed E-state index contributed by atoms with van der Waals surface area (Å²) in [5, 5.41) is 10.9. The minimum atomic E-state index is -0.915. The number of carbonyl (C=O) groups excluding carboxylic acids is 1. The van der Waals surface area contributed by atoms with Crippen LogP contribution in [0.1, 0.15) is 168 Å². The third-order valence-electron chi connectivity index (χ3n) is 14.9. The van der Waals surface area contributed by atoms with Crippen LogP contribution >= 0.6 is 13.5 Å². The molecule has 7 rings (SSSR count).